The van der Waals surface area contributed by atoms with E-state index in [1.807, 2.05) is 0 Å². The number of esters is 2. The summed E-state index contributed by atoms with van der Waals surface area (Å²) in [4.78, 5) is 28.2. The highest BCUT2D eigenvalue weighted by atomic mass is 16.6. The lowest BCUT2D eigenvalue weighted by Gasteiger charge is -2.27. The van der Waals surface area contributed by atoms with Crippen LogP contribution in [0.25, 0.3) is 0 Å². The van der Waals surface area contributed by atoms with Gasteiger partial charge in [0.1, 0.15) is 12.5 Å². The molecule has 1 aliphatic heterocycles. The number of epoxide rings is 1. The van der Waals surface area contributed by atoms with Crippen molar-refractivity contribution in [3.05, 3.63) is 0 Å². The van der Waals surface area contributed by atoms with E-state index in [-0.39, 0.29) is 25.4 Å². The first kappa shape index (κ1) is 22.0. The molecule has 0 amide bonds. The summed E-state index contributed by atoms with van der Waals surface area (Å²) < 4.78 is 16.1. The van der Waals surface area contributed by atoms with Crippen molar-refractivity contribution < 1.29 is 34.0 Å². The van der Waals surface area contributed by atoms with E-state index in [1.54, 1.807) is 38.0 Å². The first-order valence-electron chi connectivity index (χ1n) is 9.38. The Balaban J connectivity index is 1.83. The number of carbonyl (C=O) groups excluding carboxylic acids is 2. The molecule has 0 bridgehead atoms. The maximum Gasteiger partial charge on any atom is 0.309 e. The fraction of sp³-hybridized carbons (Fsp3) is 0.889. The van der Waals surface area contributed by atoms with Gasteiger partial charge in [0.25, 0.3) is 0 Å². The van der Waals surface area contributed by atoms with Gasteiger partial charge in [0.2, 0.25) is 0 Å². The van der Waals surface area contributed by atoms with Crippen molar-refractivity contribution in [2.75, 3.05) is 41.4 Å². The van der Waals surface area contributed by atoms with Crippen molar-refractivity contribution in [2.45, 2.75) is 50.3 Å². The predicted molar refractivity (Wildman–Crippen MR) is 95.4 cm³/mol. The molecule has 0 aromatic rings. The van der Waals surface area contributed by atoms with Crippen LogP contribution in [0.1, 0.15) is 25.7 Å². The van der Waals surface area contributed by atoms with Crippen molar-refractivity contribution in [3.8, 4) is 0 Å². The number of rotatable bonds is 10. The Morgan fingerprint density at radius 1 is 0.889 bits per heavy atom. The van der Waals surface area contributed by atoms with Gasteiger partial charge in [-0.3, -0.25) is 19.4 Å². The van der Waals surface area contributed by atoms with Gasteiger partial charge in [-0.1, -0.05) is 0 Å². The molecule has 1 saturated heterocycles. The summed E-state index contributed by atoms with van der Waals surface area (Å²) in [5, 5.41) is 19.5. The van der Waals surface area contributed by atoms with Gasteiger partial charge in [0.15, 0.2) is 0 Å². The number of carbonyl (C=O) groups is 2. The molecule has 0 aromatic carbocycles. The molecule has 1 aliphatic carbocycles. The van der Waals surface area contributed by atoms with Crippen LogP contribution in [0.2, 0.25) is 0 Å². The molecule has 6 unspecified atom stereocenters. The topological polar surface area (TPSA) is 112 Å². The molecule has 1 heterocycles. The third-order valence-corrected chi connectivity index (χ3v) is 5.18. The van der Waals surface area contributed by atoms with Gasteiger partial charge in [0.05, 0.1) is 37.3 Å². The van der Waals surface area contributed by atoms with Crippen molar-refractivity contribution >= 4 is 11.9 Å². The van der Waals surface area contributed by atoms with E-state index in [9.17, 15) is 19.8 Å². The van der Waals surface area contributed by atoms with Crippen molar-refractivity contribution in [1.29, 1.82) is 0 Å². The van der Waals surface area contributed by atoms with E-state index < -0.39 is 36.2 Å². The fourth-order valence-electron chi connectivity index (χ4n) is 3.20. The first-order valence-corrected chi connectivity index (χ1v) is 9.38. The van der Waals surface area contributed by atoms with Gasteiger partial charge in [-0.05, 0) is 41.0 Å². The molecule has 6 atom stereocenters. The molecule has 0 aromatic heterocycles. The summed E-state index contributed by atoms with van der Waals surface area (Å²) in [7, 11) is 6.93. The molecule has 1 saturated carbocycles. The number of hydrogen-bond donors (Lipinski definition) is 2. The third-order valence-electron chi connectivity index (χ3n) is 5.18. The summed E-state index contributed by atoms with van der Waals surface area (Å²) in [6.07, 6.45) is 0.119. The molecular weight excluding hydrogens is 356 g/mol. The number of nitrogens with zero attached hydrogens (tertiary/aromatic N) is 2. The van der Waals surface area contributed by atoms with Crippen LogP contribution in [0.15, 0.2) is 0 Å². The van der Waals surface area contributed by atoms with Crippen LogP contribution in [-0.4, -0.2) is 98.0 Å². The minimum absolute atomic E-state index is 0.00882. The summed E-state index contributed by atoms with van der Waals surface area (Å²) in [5.74, 6) is -2.11. The zero-order valence-corrected chi connectivity index (χ0v) is 16.5. The van der Waals surface area contributed by atoms with E-state index in [1.165, 1.54) is 0 Å². The van der Waals surface area contributed by atoms with Gasteiger partial charge < -0.3 is 24.4 Å². The molecular formula is C18H32N2O7. The summed E-state index contributed by atoms with van der Waals surface area (Å²) >= 11 is 0. The number of aliphatic hydroxyl groups excluding tert-OH is 2. The Morgan fingerprint density at radius 3 is 1.59 bits per heavy atom. The minimum atomic E-state index is -0.691. The van der Waals surface area contributed by atoms with Crippen LogP contribution in [-0.2, 0) is 23.8 Å². The quantitative estimate of drug-likeness (QED) is 0.288. The molecule has 9 heteroatoms. The average Bonchev–Trinajstić information content (AvgIpc) is 3.38. The van der Waals surface area contributed by atoms with Gasteiger partial charge in [-0.25, -0.2) is 0 Å². The lowest BCUT2D eigenvalue weighted by molar-refractivity contribution is -0.163. The second kappa shape index (κ2) is 9.79. The van der Waals surface area contributed by atoms with E-state index in [4.69, 9.17) is 14.2 Å². The van der Waals surface area contributed by atoms with E-state index in [2.05, 4.69) is 0 Å². The predicted octanol–water partition coefficient (Wildman–Crippen LogP) is -0.593. The molecule has 27 heavy (non-hydrogen) atoms. The SMILES string of the molecule is CN(C)C(O)CCOC(=O)C1CC2OC2CC1C(=O)OCCC(O)N(C)C. The average molecular weight is 388 g/mol. The highest BCUT2D eigenvalue weighted by molar-refractivity contribution is 5.82. The molecule has 9 nitrogen and oxygen atoms in total. The Labute approximate surface area is 160 Å². The first-order chi connectivity index (χ1) is 12.7. The van der Waals surface area contributed by atoms with Gasteiger partial charge in [-0.15, -0.1) is 0 Å². The molecule has 0 radical (unpaired) electrons. The van der Waals surface area contributed by atoms with Crippen LogP contribution in [0.5, 0.6) is 0 Å². The normalized spacial score (nSPS) is 29.2. The molecule has 0 spiro atoms. The standard InChI is InChI=1S/C18H32N2O7/c1-19(2)15(21)5-7-25-17(23)11-9-13-14(27-13)10-12(11)18(24)26-8-6-16(22)20(3)4/h11-16,21-22H,5-10H2,1-4H3. The molecule has 2 rings (SSSR count). The molecule has 2 aliphatic rings. The Morgan fingerprint density at radius 2 is 1.26 bits per heavy atom. The fourth-order valence-corrected chi connectivity index (χ4v) is 3.20. The van der Waals surface area contributed by atoms with Crippen LogP contribution in [0.3, 0.4) is 0 Å². The zero-order valence-electron chi connectivity index (χ0n) is 16.5. The van der Waals surface area contributed by atoms with Crippen LogP contribution in [0, 0.1) is 11.8 Å². The number of ether oxygens (including phenoxy) is 3. The van der Waals surface area contributed by atoms with E-state index in [0.717, 1.165) is 0 Å². The van der Waals surface area contributed by atoms with E-state index in [0.29, 0.717) is 25.7 Å². The Kier molecular flexibility index (Phi) is 7.99. The van der Waals surface area contributed by atoms with Crippen LogP contribution in [0.4, 0.5) is 0 Å². The van der Waals surface area contributed by atoms with Crippen LogP contribution >= 0.6 is 0 Å². The second-order valence-corrected chi connectivity index (χ2v) is 7.70. The monoisotopic (exact) mass is 388 g/mol. The lowest BCUT2D eigenvalue weighted by Crippen LogP contribution is -2.38. The summed E-state index contributed by atoms with van der Waals surface area (Å²) in [5.41, 5.74) is 0. The molecule has 2 N–H and O–H groups in total. The minimum Gasteiger partial charge on any atom is -0.465 e. The number of aliphatic hydroxyl groups is 2. The van der Waals surface area contributed by atoms with Gasteiger partial charge in [-0.2, -0.15) is 0 Å². The van der Waals surface area contributed by atoms with Crippen molar-refractivity contribution in [1.82, 2.24) is 9.80 Å². The zero-order chi connectivity index (χ0) is 20.1. The summed E-state index contributed by atoms with van der Waals surface area (Å²) in [6.45, 7) is 0.168. The van der Waals surface area contributed by atoms with Crippen LogP contribution < -0.4 is 0 Å². The highest BCUT2D eigenvalue weighted by Gasteiger charge is 2.53. The maximum atomic E-state index is 12.5. The van der Waals surface area contributed by atoms with Crippen molar-refractivity contribution in [3.63, 3.8) is 0 Å². The highest BCUT2D eigenvalue weighted by Crippen LogP contribution is 2.43. The van der Waals surface area contributed by atoms with E-state index >= 15 is 0 Å². The third kappa shape index (κ3) is 6.39. The second-order valence-electron chi connectivity index (χ2n) is 7.70. The summed E-state index contributed by atoms with van der Waals surface area (Å²) in [6, 6.07) is 0. The largest absolute Gasteiger partial charge is 0.465 e. The Bertz CT molecular complexity index is 470. The number of fused-ring (bicyclic) bond motifs is 1. The van der Waals surface area contributed by atoms with Gasteiger partial charge >= 0.3 is 11.9 Å². The number of hydrogen-bond acceptors (Lipinski definition) is 9. The molecule has 2 fully saturated rings. The lowest BCUT2D eigenvalue weighted by atomic mass is 9.79. The van der Waals surface area contributed by atoms with Gasteiger partial charge in [0, 0.05) is 12.8 Å². The van der Waals surface area contributed by atoms with Crippen molar-refractivity contribution in [2.24, 2.45) is 11.8 Å². The molecule has 156 valence electrons. The maximum absolute atomic E-state index is 12.5. The Hall–Kier alpha value is -1.26. The smallest absolute Gasteiger partial charge is 0.309 e.